The van der Waals surface area contributed by atoms with E-state index in [2.05, 4.69) is 5.32 Å². The summed E-state index contributed by atoms with van der Waals surface area (Å²) in [6.45, 7) is 1.77. The number of nitrogens with zero attached hydrogens (tertiary/aromatic N) is 1. The highest BCUT2D eigenvalue weighted by Crippen LogP contribution is 2.30. The third-order valence-corrected chi connectivity index (χ3v) is 5.63. The molecule has 0 saturated carbocycles. The van der Waals surface area contributed by atoms with Gasteiger partial charge in [0.1, 0.15) is 17.1 Å². The lowest BCUT2D eigenvalue weighted by atomic mass is 10.1. The summed E-state index contributed by atoms with van der Waals surface area (Å²) in [4.78, 5) is 49.6. The lowest BCUT2D eigenvalue weighted by molar-refractivity contribution is -0.122. The smallest absolute Gasteiger partial charge is 0.337 e. The predicted molar refractivity (Wildman–Crippen MR) is 121 cm³/mol. The van der Waals surface area contributed by atoms with Gasteiger partial charge in [0.05, 0.1) is 16.3 Å². The van der Waals surface area contributed by atoms with Crippen LogP contribution in [0.5, 0.6) is 0 Å². The lowest BCUT2D eigenvalue weighted by Gasteiger charge is -2.26. The Labute approximate surface area is 197 Å². The average molecular weight is 485 g/mol. The van der Waals surface area contributed by atoms with Gasteiger partial charge in [-0.1, -0.05) is 35.3 Å². The Bertz CT molecular complexity index is 1380. The number of urea groups is 1. The molecule has 8 nitrogen and oxygen atoms in total. The van der Waals surface area contributed by atoms with Crippen molar-refractivity contribution in [1.82, 2.24) is 5.32 Å². The largest absolute Gasteiger partial charge is 0.478 e. The molecule has 3 aromatic rings. The van der Waals surface area contributed by atoms with Gasteiger partial charge in [-0.25, -0.2) is 14.5 Å². The number of rotatable bonds is 4. The minimum Gasteiger partial charge on any atom is -0.478 e. The quantitative estimate of drug-likeness (QED) is 0.400. The molecule has 1 aliphatic heterocycles. The molecule has 4 rings (SSSR count). The first-order valence-electron chi connectivity index (χ1n) is 9.46. The Morgan fingerprint density at radius 2 is 1.79 bits per heavy atom. The van der Waals surface area contributed by atoms with Crippen LogP contribution in [0.25, 0.3) is 17.4 Å². The molecule has 0 atom stereocenters. The van der Waals surface area contributed by atoms with E-state index in [4.69, 9.17) is 32.7 Å². The van der Waals surface area contributed by atoms with E-state index < -0.39 is 23.8 Å². The number of amides is 4. The van der Waals surface area contributed by atoms with Crippen molar-refractivity contribution in [2.75, 3.05) is 4.90 Å². The predicted octanol–water partition coefficient (Wildman–Crippen LogP) is 4.93. The van der Waals surface area contributed by atoms with Crippen molar-refractivity contribution in [2.24, 2.45) is 0 Å². The number of barbiturate groups is 1. The van der Waals surface area contributed by atoms with Gasteiger partial charge in [0, 0.05) is 10.6 Å². The van der Waals surface area contributed by atoms with Gasteiger partial charge in [-0.15, -0.1) is 0 Å². The summed E-state index contributed by atoms with van der Waals surface area (Å²) < 4.78 is 5.69. The molecule has 4 amide bonds. The molecule has 33 heavy (non-hydrogen) atoms. The lowest BCUT2D eigenvalue weighted by Crippen LogP contribution is -2.54. The van der Waals surface area contributed by atoms with Crippen LogP contribution in [-0.2, 0) is 9.59 Å². The number of nitrogens with one attached hydrogen (secondary N) is 1. The second kappa shape index (κ2) is 8.57. The number of carboxylic acids is 1. The zero-order valence-corrected chi connectivity index (χ0v) is 18.4. The number of hydrogen-bond donors (Lipinski definition) is 2. The zero-order valence-electron chi connectivity index (χ0n) is 16.9. The first-order valence-corrected chi connectivity index (χ1v) is 10.2. The summed E-state index contributed by atoms with van der Waals surface area (Å²) in [6.07, 6.45) is 1.21. The van der Waals surface area contributed by atoms with Crippen molar-refractivity contribution < 1.29 is 28.7 Å². The van der Waals surface area contributed by atoms with E-state index in [1.54, 1.807) is 25.1 Å². The summed E-state index contributed by atoms with van der Waals surface area (Å²) >= 11 is 12.1. The number of halogens is 2. The van der Waals surface area contributed by atoms with Crippen LogP contribution in [0.2, 0.25) is 10.0 Å². The molecule has 0 bridgehead atoms. The highest BCUT2D eigenvalue weighted by Gasteiger charge is 2.37. The molecule has 1 aliphatic rings. The molecule has 166 valence electrons. The maximum absolute atomic E-state index is 13.0. The molecule has 0 spiro atoms. The van der Waals surface area contributed by atoms with Gasteiger partial charge in [0.2, 0.25) is 0 Å². The monoisotopic (exact) mass is 484 g/mol. The number of carbonyl (C=O) groups excluding carboxylic acids is 3. The Morgan fingerprint density at radius 1 is 1.03 bits per heavy atom. The van der Waals surface area contributed by atoms with Gasteiger partial charge in [-0.3, -0.25) is 14.9 Å². The fraction of sp³-hybridized carbons (Fsp3) is 0.0435. The summed E-state index contributed by atoms with van der Waals surface area (Å²) in [5.74, 6) is -2.37. The fourth-order valence-electron chi connectivity index (χ4n) is 3.18. The molecule has 0 radical (unpaired) electrons. The van der Waals surface area contributed by atoms with Gasteiger partial charge < -0.3 is 9.52 Å². The van der Waals surface area contributed by atoms with E-state index in [1.165, 1.54) is 36.4 Å². The number of anilines is 1. The molecule has 0 unspecified atom stereocenters. The Kier molecular flexibility index (Phi) is 5.80. The zero-order chi connectivity index (χ0) is 23.9. The van der Waals surface area contributed by atoms with E-state index in [9.17, 15) is 19.2 Å². The molecule has 1 saturated heterocycles. The number of furan rings is 1. The van der Waals surface area contributed by atoms with Crippen molar-refractivity contribution in [1.29, 1.82) is 0 Å². The van der Waals surface area contributed by atoms with Crippen molar-refractivity contribution >= 4 is 58.8 Å². The second-order valence-corrected chi connectivity index (χ2v) is 7.91. The Hall–Kier alpha value is -3.88. The molecule has 2 aromatic carbocycles. The highest BCUT2D eigenvalue weighted by atomic mass is 35.5. The van der Waals surface area contributed by atoms with Crippen LogP contribution in [0.4, 0.5) is 10.5 Å². The number of carboxylic acid groups (broad SMARTS) is 1. The number of hydrogen-bond acceptors (Lipinski definition) is 5. The first-order chi connectivity index (χ1) is 15.7. The summed E-state index contributed by atoms with van der Waals surface area (Å²) in [6, 6.07) is 11.1. The number of aromatic carboxylic acids is 1. The molecule has 10 heteroatoms. The van der Waals surface area contributed by atoms with Crippen LogP contribution < -0.4 is 10.2 Å². The van der Waals surface area contributed by atoms with Gasteiger partial charge in [-0.2, -0.15) is 0 Å². The first kappa shape index (κ1) is 22.3. The summed E-state index contributed by atoms with van der Waals surface area (Å²) in [5.41, 5.74) is 1.10. The van der Waals surface area contributed by atoms with Crippen molar-refractivity contribution in [2.45, 2.75) is 6.92 Å². The van der Waals surface area contributed by atoms with E-state index in [-0.39, 0.29) is 27.6 Å². The van der Waals surface area contributed by atoms with Gasteiger partial charge in [-0.05, 0) is 55.0 Å². The van der Waals surface area contributed by atoms with Gasteiger partial charge in [0.15, 0.2) is 0 Å². The normalized spacial score (nSPS) is 15.2. The van der Waals surface area contributed by atoms with Crippen LogP contribution in [0.1, 0.15) is 21.7 Å². The number of aryl methyl sites for hydroxylation is 1. The number of carbonyl (C=O) groups is 4. The van der Waals surface area contributed by atoms with E-state index >= 15 is 0 Å². The molecule has 2 N–H and O–H groups in total. The Balaban J connectivity index is 1.66. The molecular formula is C23H14Cl2N2O6. The average Bonchev–Trinajstić information content (AvgIpc) is 3.22. The molecule has 0 aliphatic carbocycles. The fourth-order valence-corrected chi connectivity index (χ4v) is 3.62. The third kappa shape index (κ3) is 4.26. The minimum absolute atomic E-state index is 0.0315. The maximum Gasteiger partial charge on any atom is 0.337 e. The van der Waals surface area contributed by atoms with Gasteiger partial charge >= 0.3 is 12.0 Å². The van der Waals surface area contributed by atoms with E-state index in [1.807, 2.05) is 0 Å². The van der Waals surface area contributed by atoms with E-state index in [0.29, 0.717) is 16.3 Å². The van der Waals surface area contributed by atoms with Crippen LogP contribution in [0, 0.1) is 6.92 Å². The van der Waals surface area contributed by atoms with Crippen LogP contribution >= 0.6 is 23.2 Å². The van der Waals surface area contributed by atoms with Crippen LogP contribution in [0.15, 0.2) is 58.5 Å². The molecule has 1 aromatic heterocycles. The SMILES string of the molecule is Cc1ccc(N2C(=O)NC(=O)/C(=C/c3ccc(-c4ccc(C(=O)O)c(Cl)c4)o3)C2=O)cc1Cl. The van der Waals surface area contributed by atoms with Gasteiger partial charge in [0.25, 0.3) is 11.8 Å². The third-order valence-electron chi connectivity index (χ3n) is 4.91. The molecule has 2 heterocycles. The van der Waals surface area contributed by atoms with Crippen LogP contribution in [-0.4, -0.2) is 28.9 Å². The second-order valence-electron chi connectivity index (χ2n) is 7.09. The summed E-state index contributed by atoms with van der Waals surface area (Å²) in [5, 5.41) is 11.6. The van der Waals surface area contributed by atoms with Crippen molar-refractivity contribution in [3.05, 3.63) is 81.0 Å². The maximum atomic E-state index is 13.0. The summed E-state index contributed by atoms with van der Waals surface area (Å²) in [7, 11) is 0. The minimum atomic E-state index is -1.16. The van der Waals surface area contributed by atoms with Crippen molar-refractivity contribution in [3.8, 4) is 11.3 Å². The number of benzene rings is 2. The highest BCUT2D eigenvalue weighted by molar-refractivity contribution is 6.39. The number of imide groups is 2. The topological polar surface area (TPSA) is 117 Å². The van der Waals surface area contributed by atoms with Crippen molar-refractivity contribution in [3.63, 3.8) is 0 Å². The molecular weight excluding hydrogens is 471 g/mol. The van der Waals surface area contributed by atoms with E-state index in [0.717, 1.165) is 10.5 Å². The Morgan fingerprint density at radius 3 is 2.45 bits per heavy atom. The van der Waals surface area contributed by atoms with Crippen LogP contribution in [0.3, 0.4) is 0 Å². The molecule has 1 fully saturated rings. The standard InChI is InChI=1S/C23H14Cl2N2O6/c1-11-2-4-13(9-17(11)24)27-21(29)16(20(28)26-23(27)32)10-14-5-7-19(33-14)12-3-6-15(22(30)31)18(25)8-12/h2-10H,1H3,(H,30,31)(H,26,28,32)/b16-10-.